The van der Waals surface area contributed by atoms with Crippen LogP contribution in [0.2, 0.25) is 0 Å². The Hall–Kier alpha value is -3.28. The standard InChI is InChI=1S/C22H22N2O4/c1-15-13-22(26)28-20-14-18(8-9-19(15)20)27-12-10-23-16-4-6-17(7-5-16)24-11-2-3-21(24)25/h4-9,13-14,23H,2-3,10-12H2,1H3. The Morgan fingerprint density at radius 1 is 1.11 bits per heavy atom. The number of rotatable bonds is 6. The van der Waals surface area contributed by atoms with Crippen LogP contribution in [0, 0.1) is 6.92 Å². The molecule has 0 aliphatic carbocycles. The van der Waals surface area contributed by atoms with E-state index in [9.17, 15) is 9.59 Å². The van der Waals surface area contributed by atoms with Gasteiger partial charge in [0.1, 0.15) is 17.9 Å². The first-order valence-corrected chi connectivity index (χ1v) is 9.42. The Bertz CT molecular complexity index is 1060. The van der Waals surface area contributed by atoms with Crippen LogP contribution in [0.5, 0.6) is 5.75 Å². The molecule has 2 heterocycles. The highest BCUT2D eigenvalue weighted by atomic mass is 16.5. The molecule has 0 bridgehead atoms. The number of nitrogens with one attached hydrogen (secondary N) is 1. The smallest absolute Gasteiger partial charge is 0.336 e. The average molecular weight is 378 g/mol. The van der Waals surface area contributed by atoms with Gasteiger partial charge in [-0.1, -0.05) is 0 Å². The van der Waals surface area contributed by atoms with E-state index in [0.717, 1.165) is 35.3 Å². The lowest BCUT2D eigenvalue weighted by molar-refractivity contribution is -0.117. The van der Waals surface area contributed by atoms with Gasteiger partial charge in [-0.2, -0.15) is 0 Å². The van der Waals surface area contributed by atoms with E-state index in [1.807, 2.05) is 48.2 Å². The third kappa shape index (κ3) is 3.86. The predicted octanol–water partition coefficient (Wildman–Crippen LogP) is 3.72. The predicted molar refractivity (Wildman–Crippen MR) is 109 cm³/mol. The van der Waals surface area contributed by atoms with E-state index >= 15 is 0 Å². The first-order chi connectivity index (χ1) is 13.6. The van der Waals surface area contributed by atoms with Crippen molar-refractivity contribution < 1.29 is 13.9 Å². The summed E-state index contributed by atoms with van der Waals surface area (Å²) < 4.78 is 11.0. The van der Waals surface area contributed by atoms with Gasteiger partial charge in [-0.05, 0) is 55.3 Å². The number of hydrogen-bond acceptors (Lipinski definition) is 5. The van der Waals surface area contributed by atoms with Gasteiger partial charge in [-0.25, -0.2) is 4.79 Å². The van der Waals surface area contributed by atoms with E-state index in [1.165, 1.54) is 6.07 Å². The first-order valence-electron chi connectivity index (χ1n) is 9.42. The van der Waals surface area contributed by atoms with Crippen LogP contribution in [0.1, 0.15) is 18.4 Å². The van der Waals surface area contributed by atoms with E-state index in [1.54, 1.807) is 6.07 Å². The Morgan fingerprint density at radius 2 is 1.93 bits per heavy atom. The number of carbonyl (C=O) groups excluding carboxylic acids is 1. The molecule has 2 aromatic carbocycles. The van der Waals surface area contributed by atoms with Crippen molar-refractivity contribution in [2.24, 2.45) is 0 Å². The van der Waals surface area contributed by atoms with Gasteiger partial charge < -0.3 is 19.4 Å². The number of anilines is 2. The maximum absolute atomic E-state index is 11.8. The molecule has 0 radical (unpaired) electrons. The first kappa shape index (κ1) is 18.1. The fourth-order valence-electron chi connectivity index (χ4n) is 3.44. The van der Waals surface area contributed by atoms with Gasteiger partial charge in [-0.15, -0.1) is 0 Å². The SMILES string of the molecule is Cc1cc(=O)oc2cc(OCCNc3ccc(N4CCCC4=O)cc3)ccc12. The van der Waals surface area contributed by atoms with Gasteiger partial charge >= 0.3 is 5.63 Å². The molecular formula is C22H22N2O4. The van der Waals surface area contributed by atoms with Crippen LogP contribution in [-0.2, 0) is 4.79 Å². The van der Waals surface area contributed by atoms with Crippen molar-refractivity contribution in [2.75, 3.05) is 29.9 Å². The number of aryl methyl sites for hydroxylation is 1. The van der Waals surface area contributed by atoms with Crippen molar-refractivity contribution in [1.82, 2.24) is 0 Å². The van der Waals surface area contributed by atoms with Crippen LogP contribution in [0.25, 0.3) is 11.0 Å². The maximum atomic E-state index is 11.8. The van der Waals surface area contributed by atoms with Crippen LogP contribution in [0.15, 0.2) is 57.7 Å². The summed E-state index contributed by atoms with van der Waals surface area (Å²) in [6.45, 7) is 3.77. The van der Waals surface area contributed by atoms with E-state index in [2.05, 4.69) is 5.32 Å². The molecule has 6 heteroatoms. The van der Waals surface area contributed by atoms with Crippen LogP contribution in [0.4, 0.5) is 11.4 Å². The Labute approximate surface area is 162 Å². The highest BCUT2D eigenvalue weighted by molar-refractivity contribution is 5.95. The molecule has 1 fully saturated rings. The highest BCUT2D eigenvalue weighted by Gasteiger charge is 2.21. The van der Waals surface area contributed by atoms with Crippen molar-refractivity contribution in [3.05, 3.63) is 64.5 Å². The lowest BCUT2D eigenvalue weighted by atomic mass is 10.1. The molecule has 6 nitrogen and oxygen atoms in total. The van der Waals surface area contributed by atoms with Crippen molar-refractivity contribution >= 4 is 28.3 Å². The third-order valence-corrected chi connectivity index (χ3v) is 4.88. The molecule has 1 aliphatic rings. The Balaban J connectivity index is 1.31. The number of benzene rings is 2. The minimum atomic E-state index is -0.358. The van der Waals surface area contributed by atoms with Gasteiger partial charge in [0.2, 0.25) is 5.91 Å². The third-order valence-electron chi connectivity index (χ3n) is 4.88. The Morgan fingerprint density at radius 3 is 2.68 bits per heavy atom. The number of nitrogens with zero attached hydrogens (tertiary/aromatic N) is 1. The number of hydrogen-bond donors (Lipinski definition) is 1. The molecule has 0 atom stereocenters. The molecule has 144 valence electrons. The van der Waals surface area contributed by atoms with Crippen molar-refractivity contribution in [2.45, 2.75) is 19.8 Å². The number of fused-ring (bicyclic) bond motifs is 1. The van der Waals surface area contributed by atoms with Gasteiger partial charge in [0.05, 0.1) is 0 Å². The summed E-state index contributed by atoms with van der Waals surface area (Å²) in [5.41, 5.74) is 2.97. The average Bonchev–Trinajstić information content (AvgIpc) is 3.11. The van der Waals surface area contributed by atoms with E-state index in [4.69, 9.17) is 9.15 Å². The van der Waals surface area contributed by atoms with E-state index in [0.29, 0.717) is 30.9 Å². The molecule has 1 saturated heterocycles. The fourth-order valence-corrected chi connectivity index (χ4v) is 3.44. The summed E-state index contributed by atoms with van der Waals surface area (Å²) in [5.74, 6) is 0.849. The number of amides is 1. The van der Waals surface area contributed by atoms with Crippen LogP contribution in [-0.4, -0.2) is 25.6 Å². The second-order valence-corrected chi connectivity index (χ2v) is 6.88. The van der Waals surface area contributed by atoms with Gasteiger partial charge in [0, 0.05) is 48.4 Å². The fraction of sp³-hybridized carbons (Fsp3) is 0.273. The summed E-state index contributed by atoms with van der Waals surface area (Å²) >= 11 is 0. The molecule has 4 rings (SSSR count). The molecule has 0 spiro atoms. The molecule has 0 unspecified atom stereocenters. The summed E-state index contributed by atoms with van der Waals surface area (Å²) in [6, 6.07) is 14.8. The normalized spacial score (nSPS) is 13.9. The molecule has 1 amide bonds. The second kappa shape index (κ2) is 7.76. The second-order valence-electron chi connectivity index (χ2n) is 6.88. The summed E-state index contributed by atoms with van der Waals surface area (Å²) in [6.07, 6.45) is 1.56. The maximum Gasteiger partial charge on any atom is 0.336 e. The molecule has 0 saturated carbocycles. The van der Waals surface area contributed by atoms with Crippen LogP contribution >= 0.6 is 0 Å². The topological polar surface area (TPSA) is 71.8 Å². The largest absolute Gasteiger partial charge is 0.492 e. The lowest BCUT2D eigenvalue weighted by Gasteiger charge is -2.16. The zero-order valence-corrected chi connectivity index (χ0v) is 15.7. The minimum Gasteiger partial charge on any atom is -0.492 e. The van der Waals surface area contributed by atoms with Crippen LogP contribution < -0.4 is 20.6 Å². The van der Waals surface area contributed by atoms with E-state index < -0.39 is 0 Å². The van der Waals surface area contributed by atoms with E-state index in [-0.39, 0.29) is 11.5 Å². The summed E-state index contributed by atoms with van der Waals surface area (Å²) in [5, 5.41) is 4.20. The van der Waals surface area contributed by atoms with Crippen LogP contribution in [0.3, 0.4) is 0 Å². The van der Waals surface area contributed by atoms with Gasteiger partial charge in [0.15, 0.2) is 0 Å². The minimum absolute atomic E-state index is 0.190. The molecule has 1 N–H and O–H groups in total. The quantitative estimate of drug-likeness (QED) is 0.523. The van der Waals surface area contributed by atoms with Crippen molar-refractivity contribution in [1.29, 1.82) is 0 Å². The monoisotopic (exact) mass is 378 g/mol. The summed E-state index contributed by atoms with van der Waals surface area (Å²) in [7, 11) is 0. The molecule has 1 aliphatic heterocycles. The molecule has 3 aromatic rings. The number of carbonyl (C=O) groups is 1. The van der Waals surface area contributed by atoms with Crippen molar-refractivity contribution in [3.8, 4) is 5.75 Å². The summed E-state index contributed by atoms with van der Waals surface area (Å²) in [4.78, 5) is 25.1. The zero-order valence-electron chi connectivity index (χ0n) is 15.7. The van der Waals surface area contributed by atoms with Gasteiger partial charge in [0.25, 0.3) is 0 Å². The molecule has 1 aromatic heterocycles. The number of ether oxygens (including phenoxy) is 1. The Kier molecular flexibility index (Phi) is 5.02. The molecular weight excluding hydrogens is 356 g/mol. The zero-order chi connectivity index (χ0) is 19.5. The van der Waals surface area contributed by atoms with Crippen molar-refractivity contribution in [3.63, 3.8) is 0 Å². The molecule has 28 heavy (non-hydrogen) atoms. The lowest BCUT2D eigenvalue weighted by Crippen LogP contribution is -2.23. The highest BCUT2D eigenvalue weighted by Crippen LogP contribution is 2.24. The van der Waals surface area contributed by atoms with Gasteiger partial charge in [-0.3, -0.25) is 4.79 Å².